The second-order valence-corrected chi connectivity index (χ2v) is 5.69. The first-order chi connectivity index (χ1) is 11.4. The van der Waals surface area contributed by atoms with Crippen LogP contribution >= 0.6 is 0 Å². The van der Waals surface area contributed by atoms with Gasteiger partial charge in [0.2, 0.25) is 6.10 Å². The molecule has 0 aliphatic carbocycles. The number of fused-ring (bicyclic) bond motifs is 1. The highest BCUT2D eigenvalue weighted by atomic mass is 19.4. The Morgan fingerprint density at radius 3 is 2.46 bits per heavy atom. The van der Waals surface area contributed by atoms with Crippen LogP contribution in [-0.4, -0.2) is 12.3 Å². The van der Waals surface area contributed by atoms with Gasteiger partial charge in [-0.3, -0.25) is 0 Å². The molecule has 0 bridgehead atoms. The van der Waals surface area contributed by atoms with Crippen LogP contribution in [0.3, 0.4) is 0 Å². The zero-order valence-electron chi connectivity index (χ0n) is 13.4. The van der Waals surface area contributed by atoms with Crippen LogP contribution in [0.4, 0.5) is 13.2 Å². The van der Waals surface area contributed by atoms with Crippen LogP contribution in [0.2, 0.25) is 0 Å². The Morgan fingerprint density at radius 1 is 1.12 bits per heavy atom. The third kappa shape index (κ3) is 3.40. The lowest BCUT2D eigenvalue weighted by molar-refractivity contribution is -0.180. The predicted molar refractivity (Wildman–Crippen MR) is 86.6 cm³/mol. The second-order valence-electron chi connectivity index (χ2n) is 5.69. The van der Waals surface area contributed by atoms with Gasteiger partial charge in [-0.2, -0.15) is 13.2 Å². The van der Waals surface area contributed by atoms with Crippen molar-refractivity contribution in [1.82, 2.24) is 0 Å². The van der Waals surface area contributed by atoms with Gasteiger partial charge in [0.15, 0.2) is 0 Å². The molecule has 0 saturated heterocycles. The molecular weight excluding hydrogens is 317 g/mol. The van der Waals surface area contributed by atoms with E-state index in [0.29, 0.717) is 17.1 Å². The molecule has 5 heteroatoms. The number of hydrogen-bond donors (Lipinski definition) is 0. The van der Waals surface area contributed by atoms with Crippen molar-refractivity contribution in [2.45, 2.75) is 32.5 Å². The zero-order chi connectivity index (χ0) is 17.3. The van der Waals surface area contributed by atoms with Crippen molar-refractivity contribution in [3.63, 3.8) is 0 Å². The summed E-state index contributed by atoms with van der Waals surface area (Å²) in [7, 11) is 0. The quantitative estimate of drug-likeness (QED) is 0.718. The molecule has 2 nitrogen and oxygen atoms in total. The summed E-state index contributed by atoms with van der Waals surface area (Å²) in [5.74, 6) is 1.29. The molecule has 0 aromatic heterocycles. The zero-order valence-corrected chi connectivity index (χ0v) is 13.4. The minimum atomic E-state index is -4.43. The van der Waals surface area contributed by atoms with E-state index in [1.807, 2.05) is 31.2 Å². The van der Waals surface area contributed by atoms with Gasteiger partial charge in [-0.1, -0.05) is 25.1 Å². The SMILES string of the molecule is CCc1ccc(Oc2cc3c(cc2C)C=CC(C(F)(F)F)O3)cc1. The molecule has 1 unspecified atom stereocenters. The van der Waals surface area contributed by atoms with E-state index >= 15 is 0 Å². The third-order valence-electron chi connectivity index (χ3n) is 3.89. The molecule has 1 aliphatic rings. The standard InChI is InChI=1S/C19H17F3O2/c1-3-13-4-7-15(8-5-13)23-16-11-17-14(10-12(16)2)6-9-18(24-17)19(20,21)22/h4-11,18H,3H2,1-2H3. The van der Waals surface area contributed by atoms with Gasteiger partial charge in [0.25, 0.3) is 0 Å². The monoisotopic (exact) mass is 334 g/mol. The molecule has 0 saturated carbocycles. The Labute approximate surface area is 138 Å². The highest BCUT2D eigenvalue weighted by molar-refractivity contribution is 5.64. The third-order valence-corrected chi connectivity index (χ3v) is 3.89. The fourth-order valence-electron chi connectivity index (χ4n) is 2.50. The fraction of sp³-hybridized carbons (Fsp3) is 0.263. The van der Waals surface area contributed by atoms with Crippen LogP contribution in [0.25, 0.3) is 6.08 Å². The molecule has 126 valence electrons. The van der Waals surface area contributed by atoms with Crippen molar-refractivity contribution < 1.29 is 22.6 Å². The lowest BCUT2D eigenvalue weighted by Gasteiger charge is -2.24. The number of ether oxygens (including phenoxy) is 2. The second kappa shape index (κ2) is 6.23. The molecule has 1 aliphatic heterocycles. The molecule has 2 aromatic rings. The van der Waals surface area contributed by atoms with Gasteiger partial charge < -0.3 is 9.47 Å². The lowest BCUT2D eigenvalue weighted by Crippen LogP contribution is -2.33. The predicted octanol–water partition coefficient (Wildman–Crippen LogP) is 5.69. The van der Waals surface area contributed by atoms with E-state index in [9.17, 15) is 13.2 Å². The molecule has 1 heterocycles. The average molecular weight is 334 g/mol. The van der Waals surface area contributed by atoms with Gasteiger partial charge in [-0.05, 0) is 48.7 Å². The summed E-state index contributed by atoms with van der Waals surface area (Å²) in [6, 6.07) is 10.9. The van der Waals surface area contributed by atoms with Crippen LogP contribution in [0.5, 0.6) is 17.2 Å². The van der Waals surface area contributed by atoms with Gasteiger partial charge in [-0.15, -0.1) is 0 Å². The number of alkyl halides is 3. The number of aryl methyl sites for hydroxylation is 2. The summed E-state index contributed by atoms with van der Waals surface area (Å²) in [6.45, 7) is 3.91. The summed E-state index contributed by atoms with van der Waals surface area (Å²) < 4.78 is 49.4. The molecular formula is C19H17F3O2. The minimum Gasteiger partial charge on any atom is -0.476 e. The number of rotatable bonds is 3. The van der Waals surface area contributed by atoms with Gasteiger partial charge in [0.1, 0.15) is 17.2 Å². The fourth-order valence-corrected chi connectivity index (χ4v) is 2.50. The Morgan fingerprint density at radius 2 is 1.83 bits per heavy atom. The Bertz CT molecular complexity index is 761. The molecule has 0 amide bonds. The largest absolute Gasteiger partial charge is 0.476 e. The Kier molecular flexibility index (Phi) is 4.26. The first-order valence-corrected chi connectivity index (χ1v) is 7.70. The van der Waals surface area contributed by atoms with E-state index in [1.54, 1.807) is 6.07 Å². The molecule has 0 fully saturated rings. The summed E-state index contributed by atoms with van der Waals surface area (Å²) in [6.07, 6.45) is -2.98. The van der Waals surface area contributed by atoms with Crippen molar-refractivity contribution in [2.24, 2.45) is 0 Å². The van der Waals surface area contributed by atoms with Crippen molar-refractivity contribution in [2.75, 3.05) is 0 Å². The van der Waals surface area contributed by atoms with Crippen molar-refractivity contribution >= 4 is 6.08 Å². The van der Waals surface area contributed by atoms with Crippen LogP contribution in [0, 0.1) is 6.92 Å². The van der Waals surface area contributed by atoms with Gasteiger partial charge in [0, 0.05) is 11.6 Å². The average Bonchev–Trinajstić information content (AvgIpc) is 2.55. The van der Waals surface area contributed by atoms with Crippen molar-refractivity contribution in [3.8, 4) is 17.2 Å². The van der Waals surface area contributed by atoms with E-state index in [1.165, 1.54) is 17.7 Å². The van der Waals surface area contributed by atoms with E-state index in [2.05, 4.69) is 6.92 Å². The van der Waals surface area contributed by atoms with Crippen molar-refractivity contribution in [3.05, 3.63) is 59.2 Å². The summed E-state index contributed by atoms with van der Waals surface area (Å²) in [5, 5.41) is 0. The first-order valence-electron chi connectivity index (χ1n) is 7.70. The van der Waals surface area contributed by atoms with E-state index in [0.717, 1.165) is 18.1 Å². The summed E-state index contributed by atoms with van der Waals surface area (Å²) in [4.78, 5) is 0. The van der Waals surface area contributed by atoms with Gasteiger partial charge >= 0.3 is 6.18 Å². The van der Waals surface area contributed by atoms with Crippen LogP contribution in [0.1, 0.15) is 23.6 Å². The molecule has 0 radical (unpaired) electrons. The molecule has 3 rings (SSSR count). The normalized spacial score (nSPS) is 16.5. The number of benzene rings is 2. The molecule has 1 atom stereocenters. The van der Waals surface area contributed by atoms with Crippen molar-refractivity contribution in [1.29, 1.82) is 0 Å². The van der Waals surface area contributed by atoms with E-state index < -0.39 is 12.3 Å². The first kappa shape index (κ1) is 16.4. The topological polar surface area (TPSA) is 18.5 Å². The maximum atomic E-state index is 12.8. The molecule has 0 spiro atoms. The summed E-state index contributed by atoms with van der Waals surface area (Å²) in [5.41, 5.74) is 2.62. The molecule has 0 N–H and O–H groups in total. The highest BCUT2D eigenvalue weighted by Gasteiger charge is 2.41. The molecule has 2 aromatic carbocycles. The Hall–Kier alpha value is -2.43. The van der Waals surface area contributed by atoms with Crippen LogP contribution < -0.4 is 9.47 Å². The highest BCUT2D eigenvalue weighted by Crippen LogP contribution is 2.38. The number of hydrogen-bond acceptors (Lipinski definition) is 2. The minimum absolute atomic E-state index is 0.172. The maximum absolute atomic E-state index is 12.8. The maximum Gasteiger partial charge on any atom is 0.429 e. The van der Waals surface area contributed by atoms with E-state index in [-0.39, 0.29) is 5.75 Å². The van der Waals surface area contributed by atoms with E-state index in [4.69, 9.17) is 9.47 Å². The van der Waals surface area contributed by atoms with Crippen LogP contribution in [0.15, 0.2) is 42.5 Å². The van der Waals surface area contributed by atoms with Crippen LogP contribution in [-0.2, 0) is 6.42 Å². The lowest BCUT2D eigenvalue weighted by atomic mass is 10.1. The van der Waals surface area contributed by atoms with Gasteiger partial charge in [0.05, 0.1) is 0 Å². The summed E-state index contributed by atoms with van der Waals surface area (Å²) >= 11 is 0. The Balaban J connectivity index is 1.87. The molecule has 24 heavy (non-hydrogen) atoms. The van der Waals surface area contributed by atoms with Gasteiger partial charge in [-0.25, -0.2) is 0 Å². The smallest absolute Gasteiger partial charge is 0.429 e. The number of halogens is 3.